The Bertz CT molecular complexity index is 273. The van der Waals surface area contributed by atoms with Crippen LogP contribution in [0.15, 0.2) is 12.7 Å². The molecule has 8 nitrogen and oxygen atoms in total. The van der Waals surface area contributed by atoms with Crippen LogP contribution in [0.1, 0.15) is 58.3 Å². The normalized spacial score (nSPS) is 10.8. The summed E-state index contributed by atoms with van der Waals surface area (Å²) >= 11 is 0. The van der Waals surface area contributed by atoms with Crippen molar-refractivity contribution in [2.45, 2.75) is 58.3 Å². The van der Waals surface area contributed by atoms with Gasteiger partial charge in [0.1, 0.15) is 0 Å². The third-order valence-corrected chi connectivity index (χ3v) is 2.01. The maximum atomic E-state index is 8.88. The summed E-state index contributed by atoms with van der Waals surface area (Å²) in [6, 6.07) is 0. The predicted octanol–water partition coefficient (Wildman–Crippen LogP) is 2.46. The summed E-state index contributed by atoms with van der Waals surface area (Å²) in [5, 5.41) is 0. The Morgan fingerprint density at radius 2 is 1.05 bits per heavy atom. The van der Waals surface area contributed by atoms with Gasteiger partial charge in [0.2, 0.25) is 0 Å². The van der Waals surface area contributed by atoms with Crippen molar-refractivity contribution >= 4 is 15.6 Å². The summed E-state index contributed by atoms with van der Waals surface area (Å²) in [6.07, 6.45) is 13.0. The van der Waals surface area contributed by atoms with Gasteiger partial charge in [-0.25, -0.2) is 9.13 Å². The zero-order valence-corrected chi connectivity index (χ0v) is 14.1. The van der Waals surface area contributed by atoms with E-state index in [9.17, 15) is 0 Å². The molecule has 0 aromatic rings. The summed E-state index contributed by atoms with van der Waals surface area (Å²) in [5.74, 6) is 0. The van der Waals surface area contributed by atoms with Crippen LogP contribution in [-0.2, 0) is 9.13 Å². The van der Waals surface area contributed by atoms with Crippen LogP contribution in [0.5, 0.6) is 0 Å². The minimum absolute atomic E-state index is 1.20. The van der Waals surface area contributed by atoms with E-state index < -0.39 is 15.6 Å². The minimum Gasteiger partial charge on any atom is -0.303 e. The first-order valence-corrected chi connectivity index (χ1v) is 9.72. The van der Waals surface area contributed by atoms with Crippen LogP contribution in [-0.4, -0.2) is 29.4 Å². The Balaban J connectivity index is -0.000000270. The van der Waals surface area contributed by atoms with Gasteiger partial charge in [0, 0.05) is 0 Å². The minimum atomic E-state index is -4.64. The lowest BCUT2D eigenvalue weighted by molar-refractivity contribution is 0.272. The maximum Gasteiger partial charge on any atom is 0.466 e. The fourth-order valence-electron chi connectivity index (χ4n) is 1.25. The van der Waals surface area contributed by atoms with Crippen molar-refractivity contribution in [3.8, 4) is 0 Å². The topological polar surface area (TPSA) is 156 Å². The number of hydrogen-bond acceptors (Lipinski definition) is 2. The van der Waals surface area contributed by atoms with Crippen molar-refractivity contribution in [3.63, 3.8) is 0 Å². The number of phosphoric acid groups is 2. The molecule has 0 bridgehead atoms. The number of allylic oxidation sites excluding steroid dienone is 1. The molecule has 0 aliphatic rings. The molecule has 0 spiro atoms. The Kier molecular flexibility index (Phi) is 20.1. The summed E-state index contributed by atoms with van der Waals surface area (Å²) in [4.78, 5) is 43.1. The first-order valence-electron chi connectivity index (χ1n) is 6.59. The number of hydrogen-bond donors (Lipinski definition) is 6. The highest BCUT2D eigenvalue weighted by Crippen LogP contribution is 2.26. The Hall–Kier alpha value is -0.0400. The van der Waals surface area contributed by atoms with E-state index in [1.807, 2.05) is 6.08 Å². The van der Waals surface area contributed by atoms with Crippen LogP contribution in [0.2, 0.25) is 0 Å². The molecule has 0 aliphatic carbocycles. The summed E-state index contributed by atoms with van der Waals surface area (Å²) in [5.41, 5.74) is 0. The molecule has 0 aromatic heterocycles. The highest BCUT2D eigenvalue weighted by atomic mass is 31.2. The molecule has 0 unspecified atom stereocenters. The van der Waals surface area contributed by atoms with Gasteiger partial charge in [-0.2, -0.15) is 0 Å². The highest BCUT2D eigenvalue weighted by Gasteiger charge is 2.00. The lowest BCUT2D eigenvalue weighted by Crippen LogP contribution is -1.78. The van der Waals surface area contributed by atoms with Crippen molar-refractivity contribution in [1.29, 1.82) is 0 Å². The average Bonchev–Trinajstić information content (AvgIpc) is 2.23. The zero-order valence-electron chi connectivity index (χ0n) is 12.3. The molecular formula is C11H28O8P2. The van der Waals surface area contributed by atoms with Crippen LogP contribution in [0, 0.1) is 0 Å². The van der Waals surface area contributed by atoms with E-state index in [1.165, 1.54) is 51.4 Å². The summed E-state index contributed by atoms with van der Waals surface area (Å²) in [6.45, 7) is 5.97. The molecule has 0 rings (SSSR count). The smallest absolute Gasteiger partial charge is 0.303 e. The number of rotatable bonds is 8. The van der Waals surface area contributed by atoms with Gasteiger partial charge >= 0.3 is 15.6 Å². The maximum absolute atomic E-state index is 8.88. The zero-order chi connectivity index (χ0) is 17.4. The van der Waals surface area contributed by atoms with Gasteiger partial charge < -0.3 is 29.4 Å². The molecule has 6 N–H and O–H groups in total. The van der Waals surface area contributed by atoms with E-state index in [0.717, 1.165) is 0 Å². The average molecular weight is 350 g/mol. The van der Waals surface area contributed by atoms with Gasteiger partial charge in [-0.3, -0.25) is 0 Å². The van der Waals surface area contributed by atoms with Crippen LogP contribution in [0.3, 0.4) is 0 Å². The fourth-order valence-corrected chi connectivity index (χ4v) is 1.25. The van der Waals surface area contributed by atoms with Crippen molar-refractivity contribution in [1.82, 2.24) is 0 Å². The summed E-state index contributed by atoms with van der Waals surface area (Å²) < 4.78 is 17.8. The molecule has 0 aliphatic heterocycles. The van der Waals surface area contributed by atoms with Gasteiger partial charge in [-0.15, -0.1) is 6.58 Å². The fraction of sp³-hybridized carbons (Fsp3) is 0.818. The van der Waals surface area contributed by atoms with Crippen molar-refractivity contribution < 1.29 is 38.5 Å². The van der Waals surface area contributed by atoms with Crippen molar-refractivity contribution in [3.05, 3.63) is 12.7 Å². The first kappa shape index (κ1) is 25.9. The van der Waals surface area contributed by atoms with Gasteiger partial charge in [0.05, 0.1) is 0 Å². The third-order valence-electron chi connectivity index (χ3n) is 2.01. The van der Waals surface area contributed by atoms with E-state index in [2.05, 4.69) is 13.5 Å². The molecule has 10 heteroatoms. The molecule has 0 radical (unpaired) electrons. The van der Waals surface area contributed by atoms with Crippen LogP contribution in [0.4, 0.5) is 0 Å². The van der Waals surface area contributed by atoms with Gasteiger partial charge in [0.25, 0.3) is 0 Å². The Morgan fingerprint density at radius 3 is 1.33 bits per heavy atom. The van der Waals surface area contributed by atoms with E-state index >= 15 is 0 Å². The Morgan fingerprint density at radius 1 is 0.762 bits per heavy atom. The molecule has 0 amide bonds. The molecule has 0 aromatic carbocycles. The Labute approximate surface area is 126 Å². The number of unbranched alkanes of at least 4 members (excludes halogenated alkanes) is 7. The first-order chi connectivity index (χ1) is 9.41. The molecular weight excluding hydrogens is 322 g/mol. The SMILES string of the molecule is C=CCCCCCCCCC.O=P(O)(O)O.O=P(O)(O)O. The van der Waals surface area contributed by atoms with Gasteiger partial charge in [-0.1, -0.05) is 51.5 Å². The molecule has 130 valence electrons. The van der Waals surface area contributed by atoms with E-state index in [4.69, 9.17) is 38.5 Å². The van der Waals surface area contributed by atoms with Crippen LogP contribution < -0.4 is 0 Å². The van der Waals surface area contributed by atoms with Gasteiger partial charge in [-0.05, 0) is 12.8 Å². The van der Waals surface area contributed by atoms with E-state index in [-0.39, 0.29) is 0 Å². The largest absolute Gasteiger partial charge is 0.466 e. The van der Waals surface area contributed by atoms with Crippen LogP contribution >= 0.6 is 15.6 Å². The third kappa shape index (κ3) is 102. The molecule has 0 saturated carbocycles. The highest BCUT2D eigenvalue weighted by molar-refractivity contribution is 7.45. The van der Waals surface area contributed by atoms with Gasteiger partial charge in [0.15, 0.2) is 0 Å². The lowest BCUT2D eigenvalue weighted by Gasteiger charge is -1.98. The second kappa shape index (κ2) is 16.3. The van der Waals surface area contributed by atoms with Crippen LogP contribution in [0.25, 0.3) is 0 Å². The van der Waals surface area contributed by atoms with E-state index in [0.29, 0.717) is 0 Å². The summed E-state index contributed by atoms with van der Waals surface area (Å²) in [7, 11) is -9.28. The molecule has 0 atom stereocenters. The molecule has 21 heavy (non-hydrogen) atoms. The monoisotopic (exact) mass is 350 g/mol. The molecule has 0 saturated heterocycles. The quantitative estimate of drug-likeness (QED) is 0.221. The van der Waals surface area contributed by atoms with E-state index in [1.54, 1.807) is 0 Å². The second-order valence-electron chi connectivity index (χ2n) is 4.23. The molecule has 0 heterocycles. The standard InChI is InChI=1S/C11H22.2H3O4P/c1-3-5-7-9-11-10-8-6-4-2;2*1-5(2,3)4/h3H,1,4-11H2,2H3;2*(H3,1,2,3,4). The lowest BCUT2D eigenvalue weighted by atomic mass is 10.1. The van der Waals surface area contributed by atoms with Crippen molar-refractivity contribution in [2.75, 3.05) is 0 Å². The second-order valence-corrected chi connectivity index (χ2v) is 6.28. The van der Waals surface area contributed by atoms with Crippen molar-refractivity contribution in [2.24, 2.45) is 0 Å². The predicted molar refractivity (Wildman–Crippen MR) is 81.3 cm³/mol. The molecule has 0 fully saturated rings.